The molecule has 0 fully saturated rings. The fraction of sp³-hybridized carbons (Fsp3) is 0.125. The van der Waals surface area contributed by atoms with E-state index in [1.54, 1.807) is 16.8 Å². The third-order valence-corrected chi connectivity index (χ3v) is 6.29. The van der Waals surface area contributed by atoms with Gasteiger partial charge in [-0.25, -0.2) is 9.67 Å². The number of aryl methyl sites for hydroxylation is 1. The normalized spacial score (nSPS) is 13.5. The van der Waals surface area contributed by atoms with E-state index in [2.05, 4.69) is 10.4 Å². The highest BCUT2D eigenvalue weighted by molar-refractivity contribution is 7.07. The van der Waals surface area contributed by atoms with Crippen LogP contribution in [0.3, 0.4) is 0 Å². The summed E-state index contributed by atoms with van der Waals surface area (Å²) in [6, 6.07) is 14.1. The van der Waals surface area contributed by atoms with E-state index < -0.39 is 4.92 Å². The third kappa shape index (κ3) is 4.49. The molecule has 0 aliphatic carbocycles. The van der Waals surface area contributed by atoms with Crippen LogP contribution in [0.5, 0.6) is 5.75 Å². The number of nitrogens with zero attached hydrogens (tertiary/aromatic N) is 4. The van der Waals surface area contributed by atoms with Crippen molar-refractivity contribution in [3.8, 4) is 17.0 Å². The molecule has 1 N–H and O–H groups in total. The lowest BCUT2D eigenvalue weighted by molar-refractivity contribution is -0.402. The number of hydrogen-bond acceptors (Lipinski definition) is 8. The molecule has 3 heterocycles. The minimum absolute atomic E-state index is 0.0246. The third-order valence-electron chi connectivity index (χ3n) is 5.48. The zero-order chi connectivity index (χ0) is 24.5. The Labute approximate surface area is 203 Å². The minimum atomic E-state index is -0.606. The average Bonchev–Trinajstić information content (AvgIpc) is 3.47. The number of hydrogen-bond donors (Lipinski definition) is 1. The van der Waals surface area contributed by atoms with Crippen LogP contribution in [-0.2, 0) is 4.79 Å². The van der Waals surface area contributed by atoms with Gasteiger partial charge in [-0.15, -0.1) is 11.3 Å². The van der Waals surface area contributed by atoms with Gasteiger partial charge >= 0.3 is 5.88 Å². The molecule has 0 atom stereocenters. The van der Waals surface area contributed by atoms with Gasteiger partial charge in [0.1, 0.15) is 10.7 Å². The van der Waals surface area contributed by atoms with E-state index in [9.17, 15) is 14.9 Å². The number of amides is 1. The van der Waals surface area contributed by atoms with E-state index >= 15 is 0 Å². The van der Waals surface area contributed by atoms with Crippen LogP contribution < -0.4 is 14.9 Å². The number of carbonyl (C=O) groups is 1. The molecule has 0 spiro atoms. The summed E-state index contributed by atoms with van der Waals surface area (Å²) in [7, 11) is 0. The Morgan fingerprint density at radius 3 is 2.86 bits per heavy atom. The van der Waals surface area contributed by atoms with E-state index in [4.69, 9.17) is 14.1 Å². The topological polar surface area (TPSA) is 124 Å². The summed E-state index contributed by atoms with van der Waals surface area (Å²) >= 11 is 1.39. The monoisotopic (exact) mass is 489 g/mol. The maximum absolute atomic E-state index is 11.8. The van der Waals surface area contributed by atoms with Crippen LogP contribution in [0.4, 0.5) is 17.3 Å². The molecule has 0 saturated heterocycles. The summed E-state index contributed by atoms with van der Waals surface area (Å²) < 4.78 is 12.3. The standard InChI is InChI=1S/C24H19N5O5S/c1-14-4-3-5-18(15(14)2)27-24-28(25-11-17-7-9-23(34-17)29(31)32)20(13-35-24)16-6-8-21-19(10-16)26-22(30)12-33-21/h3-11,13H,12H2,1-2H3,(H,26,30). The van der Waals surface area contributed by atoms with Crippen LogP contribution in [0, 0.1) is 24.0 Å². The molecule has 11 heteroatoms. The van der Waals surface area contributed by atoms with Gasteiger partial charge in [0.15, 0.2) is 12.4 Å². The Morgan fingerprint density at radius 1 is 1.20 bits per heavy atom. The van der Waals surface area contributed by atoms with Crippen molar-refractivity contribution >= 4 is 40.7 Å². The van der Waals surface area contributed by atoms with Crippen LogP contribution >= 0.6 is 11.3 Å². The molecule has 0 saturated carbocycles. The predicted molar refractivity (Wildman–Crippen MR) is 131 cm³/mol. The largest absolute Gasteiger partial charge is 0.482 e. The molecule has 10 nitrogen and oxygen atoms in total. The number of furan rings is 1. The van der Waals surface area contributed by atoms with Gasteiger partial charge in [-0.05, 0) is 55.3 Å². The quantitative estimate of drug-likeness (QED) is 0.245. The number of fused-ring (bicyclic) bond motifs is 1. The van der Waals surface area contributed by atoms with Crippen molar-refractivity contribution in [3.63, 3.8) is 0 Å². The minimum Gasteiger partial charge on any atom is -0.482 e. The first-order valence-corrected chi connectivity index (χ1v) is 11.4. The number of carbonyl (C=O) groups excluding carboxylic acids is 1. The van der Waals surface area contributed by atoms with Crippen molar-refractivity contribution in [1.82, 2.24) is 4.68 Å². The van der Waals surface area contributed by atoms with Crippen LogP contribution in [0.1, 0.15) is 16.9 Å². The Bertz CT molecular complexity index is 1560. The Hall–Kier alpha value is -4.51. The van der Waals surface area contributed by atoms with Crippen LogP contribution in [-0.4, -0.2) is 28.3 Å². The molecule has 1 amide bonds. The van der Waals surface area contributed by atoms with Gasteiger partial charge in [0.2, 0.25) is 4.80 Å². The maximum Gasteiger partial charge on any atom is 0.433 e. The zero-order valence-corrected chi connectivity index (χ0v) is 19.5. The van der Waals surface area contributed by atoms with Gasteiger partial charge in [-0.1, -0.05) is 12.1 Å². The molecule has 1 aliphatic heterocycles. The van der Waals surface area contributed by atoms with E-state index in [1.165, 1.54) is 29.7 Å². The summed E-state index contributed by atoms with van der Waals surface area (Å²) in [6.45, 7) is 4.00. The lowest BCUT2D eigenvalue weighted by Crippen LogP contribution is -2.25. The molecule has 2 aromatic heterocycles. The fourth-order valence-corrected chi connectivity index (χ4v) is 4.36. The molecule has 0 bridgehead atoms. The SMILES string of the molecule is Cc1cccc(N=c2scc(-c3ccc4c(c3)NC(=O)CO4)n2N=Cc2ccc([N+](=O)[O-])o2)c1C. The number of aromatic nitrogens is 1. The summed E-state index contributed by atoms with van der Waals surface area (Å²) in [4.78, 5) is 27.5. The molecule has 0 unspecified atom stereocenters. The van der Waals surface area contributed by atoms with Gasteiger partial charge in [-0.3, -0.25) is 14.9 Å². The number of rotatable bonds is 5. The highest BCUT2D eigenvalue weighted by Gasteiger charge is 2.18. The second-order valence-corrected chi connectivity index (χ2v) is 8.61. The summed E-state index contributed by atoms with van der Waals surface area (Å²) in [5.74, 6) is 0.218. The first-order chi connectivity index (χ1) is 16.9. The van der Waals surface area contributed by atoms with Crippen molar-refractivity contribution in [2.24, 2.45) is 10.1 Å². The van der Waals surface area contributed by atoms with Gasteiger partial charge in [-0.2, -0.15) is 5.10 Å². The Kier molecular flexibility index (Phi) is 5.75. The van der Waals surface area contributed by atoms with Crippen molar-refractivity contribution in [2.75, 3.05) is 11.9 Å². The van der Waals surface area contributed by atoms with Crippen molar-refractivity contribution in [1.29, 1.82) is 0 Å². The highest BCUT2D eigenvalue weighted by atomic mass is 32.1. The van der Waals surface area contributed by atoms with Crippen molar-refractivity contribution < 1.29 is 18.9 Å². The van der Waals surface area contributed by atoms with Crippen LogP contribution in [0.15, 0.2) is 68.4 Å². The van der Waals surface area contributed by atoms with Crippen molar-refractivity contribution in [3.05, 3.63) is 85.7 Å². The van der Waals surface area contributed by atoms with Crippen LogP contribution in [0.2, 0.25) is 0 Å². The maximum atomic E-state index is 11.8. The molecule has 176 valence electrons. The average molecular weight is 490 g/mol. The number of thiazole rings is 1. The molecular weight excluding hydrogens is 470 g/mol. The summed E-state index contributed by atoms with van der Waals surface area (Å²) in [5.41, 5.74) is 5.02. The number of benzene rings is 2. The van der Waals surface area contributed by atoms with Crippen LogP contribution in [0.25, 0.3) is 11.3 Å². The van der Waals surface area contributed by atoms with Gasteiger partial charge in [0, 0.05) is 10.9 Å². The number of anilines is 1. The first-order valence-electron chi connectivity index (χ1n) is 10.6. The van der Waals surface area contributed by atoms with Gasteiger partial charge < -0.3 is 14.5 Å². The zero-order valence-electron chi connectivity index (χ0n) is 18.7. The van der Waals surface area contributed by atoms with Gasteiger partial charge in [0.05, 0.1) is 29.3 Å². The summed E-state index contributed by atoms with van der Waals surface area (Å²) in [5, 5.41) is 20.2. The second kappa shape index (κ2) is 9.03. The van der Waals surface area contributed by atoms with Gasteiger partial charge in [0.25, 0.3) is 5.91 Å². The first kappa shape index (κ1) is 22.3. The second-order valence-electron chi connectivity index (χ2n) is 7.77. The molecular formula is C24H19N5O5S. The molecule has 5 rings (SSSR count). The molecule has 35 heavy (non-hydrogen) atoms. The molecule has 1 aliphatic rings. The fourth-order valence-electron chi connectivity index (χ4n) is 3.51. The van der Waals surface area contributed by atoms with E-state index in [1.807, 2.05) is 43.5 Å². The molecule has 4 aromatic rings. The lowest BCUT2D eigenvalue weighted by Gasteiger charge is -2.18. The highest BCUT2D eigenvalue weighted by Crippen LogP contribution is 2.33. The predicted octanol–water partition coefficient (Wildman–Crippen LogP) is 4.78. The van der Waals surface area contributed by atoms with E-state index in [0.29, 0.717) is 21.9 Å². The Morgan fingerprint density at radius 2 is 2.06 bits per heavy atom. The summed E-state index contributed by atoms with van der Waals surface area (Å²) in [6.07, 6.45) is 1.40. The Balaban J connectivity index is 1.63. The smallest absolute Gasteiger partial charge is 0.433 e. The number of nitrogens with one attached hydrogen (secondary N) is 1. The lowest BCUT2D eigenvalue weighted by atomic mass is 10.1. The van der Waals surface area contributed by atoms with E-state index in [-0.39, 0.29) is 24.2 Å². The van der Waals surface area contributed by atoms with E-state index in [0.717, 1.165) is 22.4 Å². The number of ether oxygens (including phenoxy) is 1. The molecule has 2 aromatic carbocycles. The van der Waals surface area contributed by atoms with Crippen molar-refractivity contribution in [2.45, 2.75) is 13.8 Å². The molecule has 0 radical (unpaired) electrons. The number of nitro groups is 1.